The lowest BCUT2D eigenvalue weighted by Crippen LogP contribution is -2.36. The number of carboxylic acid groups (broad SMARTS) is 1. The minimum atomic E-state index is -0.702. The summed E-state index contributed by atoms with van der Waals surface area (Å²) in [6.45, 7) is 2.57. The molecule has 0 spiro atoms. The quantitative estimate of drug-likeness (QED) is 0.837. The van der Waals surface area contributed by atoms with Crippen LogP contribution in [0.4, 0.5) is 0 Å². The summed E-state index contributed by atoms with van der Waals surface area (Å²) in [5, 5.41) is 18.9. The summed E-state index contributed by atoms with van der Waals surface area (Å²) in [6, 6.07) is 9.73. The van der Waals surface area contributed by atoms with Crippen molar-refractivity contribution >= 4 is 5.97 Å². The molecule has 0 aromatic heterocycles. The highest BCUT2D eigenvalue weighted by atomic mass is 16.4. The van der Waals surface area contributed by atoms with E-state index in [9.17, 15) is 9.90 Å². The number of hydrogen-bond donors (Lipinski definition) is 2. The van der Waals surface area contributed by atoms with Crippen molar-refractivity contribution in [2.24, 2.45) is 5.92 Å². The number of likely N-dealkylation sites (tertiary alicyclic amines) is 1. The molecule has 20 heavy (non-hydrogen) atoms. The molecular formula is C16H23NO3. The van der Waals surface area contributed by atoms with Crippen molar-refractivity contribution in [3.05, 3.63) is 35.9 Å². The van der Waals surface area contributed by atoms with Crippen molar-refractivity contribution in [3.8, 4) is 0 Å². The molecule has 1 heterocycles. The molecule has 1 aromatic rings. The van der Waals surface area contributed by atoms with E-state index in [1.165, 1.54) is 0 Å². The standard InChI is InChI=1S/C16H23NO3/c18-15(14-4-2-1-3-5-14)12-17-10-8-13(9-11-17)6-7-16(19)20/h1-5,13,15,18H,6-12H2,(H,19,20). The molecule has 1 aliphatic rings. The van der Waals surface area contributed by atoms with E-state index in [0.29, 0.717) is 12.5 Å². The molecule has 1 aliphatic heterocycles. The molecule has 0 radical (unpaired) electrons. The van der Waals surface area contributed by atoms with Crippen LogP contribution < -0.4 is 0 Å². The monoisotopic (exact) mass is 277 g/mol. The summed E-state index contributed by atoms with van der Waals surface area (Å²) in [7, 11) is 0. The number of aliphatic hydroxyl groups is 1. The Hall–Kier alpha value is -1.39. The first-order chi connectivity index (χ1) is 9.65. The van der Waals surface area contributed by atoms with E-state index in [1.807, 2.05) is 30.3 Å². The van der Waals surface area contributed by atoms with Gasteiger partial charge in [-0.25, -0.2) is 0 Å². The minimum absolute atomic E-state index is 0.275. The van der Waals surface area contributed by atoms with E-state index in [0.717, 1.165) is 37.9 Å². The zero-order valence-corrected chi connectivity index (χ0v) is 11.7. The second-order valence-corrected chi connectivity index (χ2v) is 5.60. The number of benzene rings is 1. The number of β-amino-alcohol motifs (C(OH)–C–C–N with tert-alkyl or cyclic N) is 1. The van der Waals surface area contributed by atoms with Crippen LogP contribution in [0.25, 0.3) is 0 Å². The Labute approximate surface area is 120 Å². The van der Waals surface area contributed by atoms with Gasteiger partial charge >= 0.3 is 5.97 Å². The Balaban J connectivity index is 1.73. The smallest absolute Gasteiger partial charge is 0.303 e. The van der Waals surface area contributed by atoms with Gasteiger partial charge in [-0.2, -0.15) is 0 Å². The van der Waals surface area contributed by atoms with Crippen LogP contribution in [0.5, 0.6) is 0 Å². The SMILES string of the molecule is O=C(O)CCC1CCN(CC(O)c2ccccc2)CC1. The maximum absolute atomic E-state index is 10.6. The fourth-order valence-electron chi connectivity index (χ4n) is 2.81. The molecule has 4 heteroatoms. The molecule has 110 valence electrons. The Morgan fingerprint density at radius 1 is 1.25 bits per heavy atom. The molecule has 4 nitrogen and oxygen atoms in total. The van der Waals surface area contributed by atoms with Gasteiger partial charge in [0, 0.05) is 13.0 Å². The zero-order valence-electron chi connectivity index (χ0n) is 11.7. The predicted molar refractivity (Wildman–Crippen MR) is 77.4 cm³/mol. The van der Waals surface area contributed by atoms with Crippen LogP contribution in [-0.2, 0) is 4.79 Å². The van der Waals surface area contributed by atoms with Crippen LogP contribution in [-0.4, -0.2) is 40.7 Å². The van der Waals surface area contributed by atoms with Crippen molar-refractivity contribution in [3.63, 3.8) is 0 Å². The summed E-state index contributed by atoms with van der Waals surface area (Å²) < 4.78 is 0. The molecule has 0 bridgehead atoms. The molecule has 1 aromatic carbocycles. The number of aliphatic hydroxyl groups excluding tert-OH is 1. The van der Waals surface area contributed by atoms with Crippen LogP contribution in [0.1, 0.15) is 37.4 Å². The minimum Gasteiger partial charge on any atom is -0.481 e. The van der Waals surface area contributed by atoms with E-state index >= 15 is 0 Å². The van der Waals surface area contributed by atoms with Gasteiger partial charge in [-0.1, -0.05) is 30.3 Å². The van der Waals surface area contributed by atoms with E-state index in [4.69, 9.17) is 5.11 Å². The molecule has 1 atom stereocenters. The van der Waals surface area contributed by atoms with Gasteiger partial charge in [0.05, 0.1) is 6.10 Å². The molecule has 0 amide bonds. The van der Waals surface area contributed by atoms with Gasteiger partial charge < -0.3 is 15.1 Å². The van der Waals surface area contributed by atoms with Crippen molar-refractivity contribution in [2.45, 2.75) is 31.8 Å². The van der Waals surface area contributed by atoms with Crippen molar-refractivity contribution in [1.82, 2.24) is 4.90 Å². The third kappa shape index (κ3) is 4.62. The molecule has 0 saturated carbocycles. The normalized spacial score (nSPS) is 18.9. The average Bonchev–Trinajstić information content (AvgIpc) is 2.47. The highest BCUT2D eigenvalue weighted by molar-refractivity contribution is 5.66. The number of carboxylic acids is 1. The third-order valence-electron chi connectivity index (χ3n) is 4.09. The molecule has 1 saturated heterocycles. The Bertz CT molecular complexity index is 413. The topological polar surface area (TPSA) is 60.8 Å². The number of aliphatic carboxylic acids is 1. The Morgan fingerprint density at radius 2 is 1.90 bits per heavy atom. The molecular weight excluding hydrogens is 254 g/mol. The largest absolute Gasteiger partial charge is 0.481 e. The van der Waals surface area contributed by atoms with Gasteiger partial charge in [0.2, 0.25) is 0 Å². The second-order valence-electron chi connectivity index (χ2n) is 5.60. The summed E-state index contributed by atoms with van der Waals surface area (Å²) in [6.07, 6.45) is 2.69. The van der Waals surface area contributed by atoms with Gasteiger partial charge in [0.25, 0.3) is 0 Å². The van der Waals surface area contributed by atoms with Crippen molar-refractivity contribution in [1.29, 1.82) is 0 Å². The van der Waals surface area contributed by atoms with Crippen LogP contribution in [0, 0.1) is 5.92 Å². The van der Waals surface area contributed by atoms with Gasteiger partial charge in [0.1, 0.15) is 0 Å². The highest BCUT2D eigenvalue weighted by Gasteiger charge is 2.21. The van der Waals surface area contributed by atoms with Gasteiger partial charge in [-0.3, -0.25) is 4.79 Å². The molecule has 1 unspecified atom stereocenters. The molecule has 1 fully saturated rings. The number of nitrogens with zero attached hydrogens (tertiary/aromatic N) is 1. The van der Waals surface area contributed by atoms with E-state index < -0.39 is 12.1 Å². The third-order valence-corrected chi connectivity index (χ3v) is 4.09. The van der Waals surface area contributed by atoms with Crippen molar-refractivity contribution < 1.29 is 15.0 Å². The lowest BCUT2D eigenvalue weighted by Gasteiger charge is -2.33. The first-order valence-corrected chi connectivity index (χ1v) is 7.32. The molecule has 0 aliphatic carbocycles. The Morgan fingerprint density at radius 3 is 2.50 bits per heavy atom. The fraction of sp³-hybridized carbons (Fsp3) is 0.562. The summed E-state index contributed by atoms with van der Waals surface area (Å²) >= 11 is 0. The van der Waals surface area contributed by atoms with E-state index in [2.05, 4.69) is 4.90 Å². The zero-order chi connectivity index (χ0) is 14.4. The lowest BCUT2D eigenvalue weighted by atomic mass is 9.92. The summed E-state index contributed by atoms with van der Waals surface area (Å²) in [4.78, 5) is 12.8. The maximum Gasteiger partial charge on any atom is 0.303 e. The molecule has 2 rings (SSSR count). The number of piperidine rings is 1. The van der Waals surface area contributed by atoms with E-state index in [1.54, 1.807) is 0 Å². The van der Waals surface area contributed by atoms with Crippen LogP contribution in [0.2, 0.25) is 0 Å². The number of hydrogen-bond acceptors (Lipinski definition) is 3. The summed E-state index contributed by atoms with van der Waals surface area (Å²) in [5.41, 5.74) is 0.959. The first-order valence-electron chi connectivity index (χ1n) is 7.32. The van der Waals surface area contributed by atoms with Crippen molar-refractivity contribution in [2.75, 3.05) is 19.6 Å². The predicted octanol–water partition coefficient (Wildman–Crippen LogP) is 2.30. The van der Waals surface area contributed by atoms with Gasteiger partial charge in [-0.05, 0) is 43.8 Å². The lowest BCUT2D eigenvalue weighted by molar-refractivity contribution is -0.137. The average molecular weight is 277 g/mol. The highest BCUT2D eigenvalue weighted by Crippen LogP contribution is 2.23. The van der Waals surface area contributed by atoms with E-state index in [-0.39, 0.29) is 6.42 Å². The van der Waals surface area contributed by atoms with Gasteiger partial charge in [-0.15, -0.1) is 0 Å². The second kappa shape index (κ2) is 7.41. The van der Waals surface area contributed by atoms with Crippen LogP contribution in [0.3, 0.4) is 0 Å². The van der Waals surface area contributed by atoms with Gasteiger partial charge in [0.15, 0.2) is 0 Å². The van der Waals surface area contributed by atoms with Crippen LogP contribution >= 0.6 is 0 Å². The maximum atomic E-state index is 10.6. The number of carbonyl (C=O) groups is 1. The first kappa shape index (κ1) is 15.0. The number of rotatable bonds is 6. The fourth-order valence-corrected chi connectivity index (χ4v) is 2.81. The van der Waals surface area contributed by atoms with Crippen LogP contribution in [0.15, 0.2) is 30.3 Å². The Kier molecular flexibility index (Phi) is 5.56. The molecule has 2 N–H and O–H groups in total. The summed E-state index contributed by atoms with van der Waals surface area (Å²) in [5.74, 6) is -0.178.